The largest absolute Gasteiger partial charge is 0.423 e. The highest BCUT2D eigenvalue weighted by Gasteiger charge is 2.17. The van der Waals surface area contributed by atoms with E-state index in [1.54, 1.807) is 6.07 Å². The van der Waals surface area contributed by atoms with Crippen LogP contribution >= 0.6 is 0 Å². The van der Waals surface area contributed by atoms with Gasteiger partial charge in [0.1, 0.15) is 0 Å². The van der Waals surface area contributed by atoms with Crippen molar-refractivity contribution < 1.29 is 19.1 Å². The molecule has 170 valence electrons. The Morgan fingerprint density at radius 1 is 0.667 bits per heavy atom. The minimum Gasteiger partial charge on any atom is -0.423 e. The minimum absolute atomic E-state index is 0.258. The number of hydrogen-bond donors (Lipinski definition) is 0. The molecule has 0 aliphatic rings. The molecule has 0 aliphatic heterocycles. The van der Waals surface area contributed by atoms with Crippen LogP contribution in [-0.2, 0) is 16.0 Å². The van der Waals surface area contributed by atoms with E-state index in [1.165, 1.54) is 38.5 Å². The lowest BCUT2D eigenvalue weighted by atomic mass is 10.0. The van der Waals surface area contributed by atoms with Gasteiger partial charge in [0, 0.05) is 12.8 Å². The number of carbonyl (C=O) groups excluding carboxylic acids is 2. The van der Waals surface area contributed by atoms with Gasteiger partial charge in [0.25, 0.3) is 0 Å². The molecule has 30 heavy (non-hydrogen) atoms. The highest BCUT2D eigenvalue weighted by Crippen LogP contribution is 2.33. The zero-order valence-corrected chi connectivity index (χ0v) is 19.5. The molecule has 1 aromatic carbocycles. The summed E-state index contributed by atoms with van der Waals surface area (Å²) in [4.78, 5) is 24.4. The zero-order chi connectivity index (χ0) is 22.0. The van der Waals surface area contributed by atoms with Crippen molar-refractivity contribution in [2.24, 2.45) is 0 Å². The molecule has 0 radical (unpaired) electrons. The summed E-state index contributed by atoms with van der Waals surface area (Å²) >= 11 is 0. The molecule has 4 heteroatoms. The molecule has 4 nitrogen and oxygen atoms in total. The summed E-state index contributed by atoms with van der Waals surface area (Å²) in [6, 6.07) is 5.59. The van der Waals surface area contributed by atoms with E-state index < -0.39 is 0 Å². The molecule has 0 saturated heterocycles. The number of unbranched alkanes of at least 4 members (excludes halogenated alkanes) is 9. The summed E-state index contributed by atoms with van der Waals surface area (Å²) < 4.78 is 11.3. The predicted octanol–water partition coefficient (Wildman–Crippen LogP) is 7.56. The van der Waals surface area contributed by atoms with Crippen molar-refractivity contribution >= 4 is 11.9 Å². The lowest BCUT2D eigenvalue weighted by molar-refractivity contribution is -0.137. The number of carbonyl (C=O) groups is 2. The first-order valence-electron chi connectivity index (χ1n) is 12.2. The molecule has 0 saturated carbocycles. The van der Waals surface area contributed by atoms with Gasteiger partial charge >= 0.3 is 11.9 Å². The molecule has 0 aromatic heterocycles. The third kappa shape index (κ3) is 11.4. The fourth-order valence-corrected chi connectivity index (χ4v) is 3.38. The van der Waals surface area contributed by atoms with E-state index in [9.17, 15) is 9.59 Å². The normalized spacial score (nSPS) is 10.8. The fraction of sp³-hybridized carbons (Fsp3) is 0.692. The van der Waals surface area contributed by atoms with Gasteiger partial charge < -0.3 is 9.47 Å². The average molecular weight is 419 g/mol. The van der Waals surface area contributed by atoms with E-state index in [0.717, 1.165) is 50.5 Å². The Balaban J connectivity index is 2.71. The van der Waals surface area contributed by atoms with E-state index in [0.29, 0.717) is 24.3 Å². The quantitative estimate of drug-likeness (QED) is 0.149. The highest BCUT2D eigenvalue weighted by molar-refractivity contribution is 5.76. The Morgan fingerprint density at radius 2 is 1.20 bits per heavy atom. The van der Waals surface area contributed by atoms with Gasteiger partial charge in [0.2, 0.25) is 0 Å². The van der Waals surface area contributed by atoms with Crippen LogP contribution < -0.4 is 9.47 Å². The Morgan fingerprint density at radius 3 is 1.80 bits per heavy atom. The fourth-order valence-electron chi connectivity index (χ4n) is 3.38. The maximum Gasteiger partial charge on any atom is 0.311 e. The van der Waals surface area contributed by atoms with E-state index >= 15 is 0 Å². The summed E-state index contributed by atoms with van der Waals surface area (Å²) in [5.74, 6) is 0.280. The molecule has 0 N–H and O–H groups in total. The van der Waals surface area contributed by atoms with E-state index in [-0.39, 0.29) is 11.9 Å². The maximum atomic E-state index is 12.3. The minimum atomic E-state index is -0.271. The van der Waals surface area contributed by atoms with Crippen LogP contribution in [0.15, 0.2) is 18.2 Å². The average Bonchev–Trinajstić information content (AvgIpc) is 2.74. The van der Waals surface area contributed by atoms with Crippen LogP contribution in [0.2, 0.25) is 0 Å². The van der Waals surface area contributed by atoms with Gasteiger partial charge in [-0.3, -0.25) is 9.59 Å². The van der Waals surface area contributed by atoms with Crippen molar-refractivity contribution in [2.45, 2.75) is 117 Å². The number of hydrogen-bond acceptors (Lipinski definition) is 4. The van der Waals surface area contributed by atoms with Crippen molar-refractivity contribution in [3.8, 4) is 11.5 Å². The Kier molecular flexibility index (Phi) is 14.8. The molecular formula is C26H42O4. The van der Waals surface area contributed by atoms with E-state index in [1.807, 2.05) is 26.0 Å². The first-order valence-corrected chi connectivity index (χ1v) is 12.2. The first kappa shape index (κ1) is 26.2. The molecule has 0 aliphatic carbocycles. The molecule has 0 heterocycles. The maximum absolute atomic E-state index is 12.3. The molecule has 0 amide bonds. The SMILES string of the molecule is CCCCCCCCCCc1cccc(OC(=O)CCCC)c1OC(=O)CCCC. The number of esters is 2. The topological polar surface area (TPSA) is 52.6 Å². The second-order valence-electron chi connectivity index (χ2n) is 8.12. The summed E-state index contributed by atoms with van der Waals surface area (Å²) in [6.07, 6.45) is 15.0. The number of para-hydroxylation sites is 1. The third-order valence-electron chi connectivity index (χ3n) is 5.27. The molecule has 0 fully saturated rings. The zero-order valence-electron chi connectivity index (χ0n) is 19.5. The number of rotatable bonds is 17. The molecule has 0 bridgehead atoms. The van der Waals surface area contributed by atoms with Gasteiger partial charge in [-0.1, -0.05) is 90.7 Å². The second kappa shape index (κ2) is 16.9. The Hall–Kier alpha value is -1.84. The summed E-state index contributed by atoms with van der Waals surface area (Å²) in [7, 11) is 0. The number of aryl methyl sites for hydroxylation is 1. The van der Waals surface area contributed by atoms with Crippen molar-refractivity contribution in [3.63, 3.8) is 0 Å². The number of benzene rings is 1. The summed E-state index contributed by atoms with van der Waals surface area (Å²) in [5.41, 5.74) is 0.951. The van der Waals surface area contributed by atoms with Crippen LogP contribution in [0.5, 0.6) is 11.5 Å². The lowest BCUT2D eigenvalue weighted by Crippen LogP contribution is -2.13. The van der Waals surface area contributed by atoms with Crippen LogP contribution in [-0.4, -0.2) is 11.9 Å². The lowest BCUT2D eigenvalue weighted by Gasteiger charge is -2.15. The third-order valence-corrected chi connectivity index (χ3v) is 5.27. The van der Waals surface area contributed by atoms with Crippen LogP contribution in [0.4, 0.5) is 0 Å². The van der Waals surface area contributed by atoms with Crippen LogP contribution in [0, 0.1) is 0 Å². The van der Waals surface area contributed by atoms with Crippen molar-refractivity contribution in [3.05, 3.63) is 23.8 Å². The van der Waals surface area contributed by atoms with E-state index in [4.69, 9.17) is 9.47 Å². The molecular weight excluding hydrogens is 376 g/mol. The first-order chi connectivity index (χ1) is 14.6. The smallest absolute Gasteiger partial charge is 0.311 e. The van der Waals surface area contributed by atoms with Crippen LogP contribution in [0.25, 0.3) is 0 Å². The van der Waals surface area contributed by atoms with Gasteiger partial charge in [0.15, 0.2) is 11.5 Å². The van der Waals surface area contributed by atoms with Gasteiger partial charge in [-0.15, -0.1) is 0 Å². The van der Waals surface area contributed by atoms with Gasteiger partial charge in [-0.25, -0.2) is 0 Å². The van der Waals surface area contributed by atoms with Gasteiger partial charge in [-0.05, 0) is 37.3 Å². The Bertz CT molecular complexity index is 609. The van der Waals surface area contributed by atoms with Crippen molar-refractivity contribution in [1.29, 1.82) is 0 Å². The van der Waals surface area contributed by atoms with Crippen LogP contribution in [0.1, 0.15) is 116 Å². The summed E-state index contributed by atoms with van der Waals surface area (Å²) in [6.45, 7) is 6.32. The van der Waals surface area contributed by atoms with Crippen molar-refractivity contribution in [1.82, 2.24) is 0 Å². The van der Waals surface area contributed by atoms with Crippen LogP contribution in [0.3, 0.4) is 0 Å². The second-order valence-corrected chi connectivity index (χ2v) is 8.12. The predicted molar refractivity (Wildman–Crippen MR) is 123 cm³/mol. The van der Waals surface area contributed by atoms with E-state index in [2.05, 4.69) is 6.92 Å². The van der Waals surface area contributed by atoms with Gasteiger partial charge in [0.05, 0.1) is 0 Å². The monoisotopic (exact) mass is 418 g/mol. The highest BCUT2D eigenvalue weighted by atomic mass is 16.6. The standard InChI is InChI=1S/C26H42O4/c1-4-7-10-11-12-13-14-15-17-22-18-16-19-23(29-24(27)20-8-5-2)26(22)30-25(28)21-9-6-3/h16,18-19H,4-15,17,20-21H2,1-3H3. The van der Waals surface area contributed by atoms with Crippen molar-refractivity contribution in [2.75, 3.05) is 0 Å². The molecule has 0 unspecified atom stereocenters. The Labute approximate surface area is 183 Å². The molecule has 1 aromatic rings. The number of ether oxygens (including phenoxy) is 2. The molecule has 0 atom stereocenters. The molecule has 0 spiro atoms. The van der Waals surface area contributed by atoms with Gasteiger partial charge in [-0.2, -0.15) is 0 Å². The summed E-state index contributed by atoms with van der Waals surface area (Å²) in [5, 5.41) is 0. The molecule has 1 rings (SSSR count).